The zero-order valence-corrected chi connectivity index (χ0v) is 13.0. The van der Waals surface area contributed by atoms with E-state index in [2.05, 4.69) is 0 Å². The van der Waals surface area contributed by atoms with Crippen LogP contribution in [-0.4, -0.2) is 19.6 Å². The van der Waals surface area contributed by atoms with Crippen molar-refractivity contribution in [3.8, 4) is 0 Å². The van der Waals surface area contributed by atoms with Crippen LogP contribution in [-0.2, 0) is 15.1 Å². The second kappa shape index (κ2) is 7.27. The van der Waals surface area contributed by atoms with Gasteiger partial charge in [-0.1, -0.05) is 38.1 Å². The lowest BCUT2D eigenvalue weighted by molar-refractivity contribution is -0.298. The number of benzene rings is 1. The maximum absolute atomic E-state index is 13.4. The van der Waals surface area contributed by atoms with Gasteiger partial charge in [0.25, 0.3) is 0 Å². The minimum Gasteiger partial charge on any atom is -0.356 e. The van der Waals surface area contributed by atoms with Crippen LogP contribution >= 0.6 is 0 Å². The fourth-order valence-corrected chi connectivity index (χ4v) is 1.94. The maximum atomic E-state index is 13.4. The molecule has 2 atom stereocenters. The molecule has 0 aliphatic heterocycles. The Labute approximate surface area is 124 Å². The van der Waals surface area contributed by atoms with Crippen LogP contribution in [0.2, 0.25) is 0 Å². The molecule has 5 heteroatoms. The van der Waals surface area contributed by atoms with Gasteiger partial charge in [0, 0.05) is 6.61 Å². The molecule has 0 radical (unpaired) electrons. The SMILES string of the molecule is CCOCOC(C)(c1ccc(C(C)CC)cc1)C(F)(F)F. The van der Waals surface area contributed by atoms with E-state index in [1.807, 2.05) is 13.8 Å². The van der Waals surface area contributed by atoms with Crippen LogP contribution < -0.4 is 0 Å². The van der Waals surface area contributed by atoms with Crippen LogP contribution in [0.4, 0.5) is 13.2 Å². The third-order valence-electron chi connectivity index (χ3n) is 3.82. The van der Waals surface area contributed by atoms with Crippen LogP contribution in [0.25, 0.3) is 0 Å². The van der Waals surface area contributed by atoms with E-state index in [-0.39, 0.29) is 12.4 Å². The summed E-state index contributed by atoms with van der Waals surface area (Å²) in [5.74, 6) is 0.320. The van der Waals surface area contributed by atoms with E-state index in [4.69, 9.17) is 9.47 Å². The molecule has 0 fully saturated rings. The molecule has 0 heterocycles. The van der Waals surface area contributed by atoms with Crippen molar-refractivity contribution in [2.75, 3.05) is 13.4 Å². The van der Waals surface area contributed by atoms with Crippen molar-refractivity contribution in [3.05, 3.63) is 35.4 Å². The molecular formula is C16H23F3O2. The summed E-state index contributed by atoms with van der Waals surface area (Å²) in [5, 5.41) is 0. The van der Waals surface area contributed by atoms with Gasteiger partial charge in [0.2, 0.25) is 0 Å². The molecule has 0 spiro atoms. The standard InChI is InChI=1S/C16H23F3O2/c1-5-12(3)13-7-9-14(10-8-13)15(4,16(17,18)19)21-11-20-6-2/h7-10,12H,5-6,11H2,1-4H3. The van der Waals surface area contributed by atoms with E-state index in [0.717, 1.165) is 18.9 Å². The number of halogens is 3. The maximum Gasteiger partial charge on any atom is 0.421 e. The molecule has 0 bridgehead atoms. The second-order valence-electron chi connectivity index (χ2n) is 5.22. The second-order valence-corrected chi connectivity index (χ2v) is 5.22. The first-order valence-corrected chi connectivity index (χ1v) is 7.15. The first-order valence-electron chi connectivity index (χ1n) is 7.15. The van der Waals surface area contributed by atoms with Crippen LogP contribution in [0.5, 0.6) is 0 Å². The summed E-state index contributed by atoms with van der Waals surface area (Å²) in [6.07, 6.45) is -3.57. The number of hydrogen-bond donors (Lipinski definition) is 0. The lowest BCUT2D eigenvalue weighted by atomic mass is 9.91. The van der Waals surface area contributed by atoms with Gasteiger partial charge in [-0.3, -0.25) is 0 Å². The van der Waals surface area contributed by atoms with E-state index in [1.54, 1.807) is 19.1 Å². The van der Waals surface area contributed by atoms with Crippen molar-refractivity contribution in [1.29, 1.82) is 0 Å². The molecule has 2 nitrogen and oxygen atoms in total. The van der Waals surface area contributed by atoms with Gasteiger partial charge in [0.15, 0.2) is 5.60 Å². The van der Waals surface area contributed by atoms with Gasteiger partial charge in [0.1, 0.15) is 6.79 Å². The van der Waals surface area contributed by atoms with Gasteiger partial charge in [-0.15, -0.1) is 0 Å². The average Bonchev–Trinajstić information content (AvgIpc) is 2.45. The number of rotatable bonds is 7. The molecule has 120 valence electrons. The fraction of sp³-hybridized carbons (Fsp3) is 0.625. The first-order chi connectivity index (χ1) is 9.76. The van der Waals surface area contributed by atoms with E-state index in [9.17, 15) is 13.2 Å². The predicted molar refractivity (Wildman–Crippen MR) is 76.1 cm³/mol. The van der Waals surface area contributed by atoms with E-state index in [1.165, 1.54) is 12.1 Å². The molecule has 0 amide bonds. The average molecular weight is 304 g/mol. The summed E-state index contributed by atoms with van der Waals surface area (Å²) in [6.45, 7) is 6.74. The van der Waals surface area contributed by atoms with Crippen LogP contribution in [0, 0.1) is 0 Å². The normalized spacial score (nSPS) is 16.5. The van der Waals surface area contributed by atoms with E-state index in [0.29, 0.717) is 12.5 Å². The molecule has 2 unspecified atom stereocenters. The van der Waals surface area contributed by atoms with Gasteiger partial charge in [0.05, 0.1) is 0 Å². The third-order valence-corrected chi connectivity index (χ3v) is 3.82. The Bertz CT molecular complexity index is 428. The van der Waals surface area contributed by atoms with Crippen molar-refractivity contribution < 1.29 is 22.6 Å². The summed E-state index contributed by atoms with van der Waals surface area (Å²) < 4.78 is 50.0. The number of alkyl halides is 3. The summed E-state index contributed by atoms with van der Waals surface area (Å²) in [7, 11) is 0. The quantitative estimate of drug-likeness (QED) is 0.522. The van der Waals surface area contributed by atoms with Crippen molar-refractivity contribution in [2.24, 2.45) is 0 Å². The highest BCUT2D eigenvalue weighted by Crippen LogP contribution is 2.42. The van der Waals surface area contributed by atoms with Gasteiger partial charge in [-0.25, -0.2) is 0 Å². The highest BCUT2D eigenvalue weighted by Gasteiger charge is 2.53. The molecule has 1 aromatic carbocycles. The topological polar surface area (TPSA) is 18.5 Å². The molecular weight excluding hydrogens is 281 g/mol. The van der Waals surface area contributed by atoms with Gasteiger partial charge >= 0.3 is 6.18 Å². The lowest BCUT2D eigenvalue weighted by Gasteiger charge is -2.32. The Morgan fingerprint density at radius 3 is 2.10 bits per heavy atom. The van der Waals surface area contributed by atoms with Crippen molar-refractivity contribution in [2.45, 2.75) is 51.8 Å². The van der Waals surface area contributed by atoms with E-state index < -0.39 is 11.8 Å². The van der Waals surface area contributed by atoms with E-state index >= 15 is 0 Å². The number of ether oxygens (including phenoxy) is 2. The Morgan fingerprint density at radius 2 is 1.67 bits per heavy atom. The highest BCUT2D eigenvalue weighted by molar-refractivity contribution is 5.30. The fourth-order valence-electron chi connectivity index (χ4n) is 1.94. The molecule has 0 aromatic heterocycles. The smallest absolute Gasteiger partial charge is 0.356 e. The molecule has 0 saturated carbocycles. The molecule has 1 aromatic rings. The first kappa shape index (κ1) is 18.0. The van der Waals surface area contributed by atoms with Crippen molar-refractivity contribution in [3.63, 3.8) is 0 Å². The lowest BCUT2D eigenvalue weighted by Crippen LogP contribution is -2.42. The number of hydrogen-bond acceptors (Lipinski definition) is 2. The zero-order valence-electron chi connectivity index (χ0n) is 13.0. The largest absolute Gasteiger partial charge is 0.421 e. The van der Waals surface area contributed by atoms with Crippen LogP contribution in [0.1, 0.15) is 51.2 Å². The third kappa shape index (κ3) is 4.20. The highest BCUT2D eigenvalue weighted by atomic mass is 19.4. The summed E-state index contributed by atoms with van der Waals surface area (Å²) in [6, 6.07) is 6.44. The summed E-state index contributed by atoms with van der Waals surface area (Å²) in [5.41, 5.74) is -1.26. The monoisotopic (exact) mass is 304 g/mol. The predicted octanol–water partition coefficient (Wildman–Crippen LogP) is 4.99. The molecule has 0 aliphatic carbocycles. The van der Waals surface area contributed by atoms with Gasteiger partial charge < -0.3 is 9.47 Å². The Morgan fingerprint density at radius 1 is 1.10 bits per heavy atom. The van der Waals surface area contributed by atoms with Gasteiger partial charge in [-0.2, -0.15) is 13.2 Å². The minimum absolute atomic E-state index is 0.0850. The molecule has 0 saturated heterocycles. The van der Waals surface area contributed by atoms with Crippen molar-refractivity contribution >= 4 is 0 Å². The molecule has 21 heavy (non-hydrogen) atoms. The molecule has 0 aliphatic rings. The Hall–Kier alpha value is -1.07. The Kier molecular flexibility index (Phi) is 6.23. The summed E-state index contributed by atoms with van der Waals surface area (Å²) >= 11 is 0. The Balaban J connectivity index is 3.03. The molecule has 0 N–H and O–H groups in total. The van der Waals surface area contributed by atoms with Crippen LogP contribution in [0.3, 0.4) is 0 Å². The van der Waals surface area contributed by atoms with Gasteiger partial charge in [-0.05, 0) is 37.3 Å². The zero-order chi connectivity index (χ0) is 16.1. The minimum atomic E-state index is -4.51. The van der Waals surface area contributed by atoms with Crippen molar-refractivity contribution in [1.82, 2.24) is 0 Å². The molecule has 1 rings (SSSR count). The summed E-state index contributed by atoms with van der Waals surface area (Å²) in [4.78, 5) is 0. The van der Waals surface area contributed by atoms with Crippen LogP contribution in [0.15, 0.2) is 24.3 Å².